The Labute approximate surface area is 288 Å². The van der Waals surface area contributed by atoms with Crippen LogP contribution in [0, 0.1) is 20.9 Å². The van der Waals surface area contributed by atoms with Gasteiger partial charge in [-0.25, -0.2) is 9.98 Å². The van der Waals surface area contributed by atoms with Gasteiger partial charge in [0.05, 0.1) is 57.1 Å². The summed E-state index contributed by atoms with van der Waals surface area (Å²) in [4.78, 5) is 22.0. The first-order valence-corrected chi connectivity index (χ1v) is 15.8. The summed E-state index contributed by atoms with van der Waals surface area (Å²) in [6.07, 6.45) is 14.9. The summed E-state index contributed by atoms with van der Waals surface area (Å²) in [5.74, 6) is 0.708. The van der Waals surface area contributed by atoms with Crippen molar-refractivity contribution in [3.05, 3.63) is 156 Å². The standard InChI is InChI=1S/C39H32N8O3/c40-28-2-6-30(7-3-28)42-32-10-18-36(19-11-32)46(37-20-12-33(13-21-37)43-31-8-4-29(41)5-9-31)26-1-27-50-39-24-16-35(17-25-39)45-44-34-14-22-38(23-15-34)47(48)49/h2-25,40-41H,1,26-27H2. The molecule has 0 saturated carbocycles. The van der Waals surface area contributed by atoms with Gasteiger partial charge in [0.15, 0.2) is 0 Å². The van der Waals surface area contributed by atoms with E-state index in [4.69, 9.17) is 15.6 Å². The Hall–Kier alpha value is -6.88. The van der Waals surface area contributed by atoms with Gasteiger partial charge in [0.25, 0.3) is 5.69 Å². The monoisotopic (exact) mass is 660 g/mol. The SMILES string of the molecule is N=C1C=CC(=Nc2ccc(N(CCCOc3ccc(N=Nc4ccc([N+](=O)[O-])cc4)cc3)c3ccc(N=C4C=CC(=N)C=C4)cc3)cc2)C=C1. The van der Waals surface area contributed by atoms with E-state index in [0.29, 0.717) is 41.7 Å². The number of aliphatic imine (C=N–C) groups is 2. The first-order chi connectivity index (χ1) is 24.4. The van der Waals surface area contributed by atoms with Crippen molar-refractivity contribution >= 4 is 62.7 Å². The fraction of sp³-hybridized carbons (Fsp3) is 0.0769. The molecule has 0 aliphatic heterocycles. The summed E-state index contributed by atoms with van der Waals surface area (Å²) < 4.78 is 6.05. The first-order valence-electron chi connectivity index (χ1n) is 15.8. The van der Waals surface area contributed by atoms with Crippen LogP contribution in [-0.2, 0) is 0 Å². The van der Waals surface area contributed by atoms with Crippen LogP contribution < -0.4 is 9.64 Å². The molecule has 0 atom stereocenters. The van der Waals surface area contributed by atoms with E-state index in [1.165, 1.54) is 12.1 Å². The number of allylic oxidation sites excluding steroid dienone is 8. The van der Waals surface area contributed by atoms with Crippen LogP contribution in [0.2, 0.25) is 0 Å². The molecule has 0 amide bonds. The third-order valence-electron chi connectivity index (χ3n) is 7.55. The largest absolute Gasteiger partial charge is 0.494 e. The fourth-order valence-corrected chi connectivity index (χ4v) is 4.97. The van der Waals surface area contributed by atoms with Gasteiger partial charge in [-0.05, 0) is 140 Å². The van der Waals surface area contributed by atoms with E-state index in [1.807, 2.05) is 85.0 Å². The third-order valence-corrected chi connectivity index (χ3v) is 7.55. The number of nitro benzene ring substituents is 1. The number of nitro groups is 1. The number of azo groups is 1. The number of nitrogens with one attached hydrogen (secondary N) is 2. The first kappa shape index (κ1) is 33.0. The normalized spacial score (nSPS) is 13.6. The molecule has 2 aliphatic carbocycles. The van der Waals surface area contributed by atoms with Gasteiger partial charge in [0, 0.05) is 30.1 Å². The van der Waals surface area contributed by atoms with Crippen LogP contribution in [0.5, 0.6) is 5.75 Å². The lowest BCUT2D eigenvalue weighted by Crippen LogP contribution is -2.20. The van der Waals surface area contributed by atoms with Crippen molar-refractivity contribution in [2.45, 2.75) is 6.42 Å². The van der Waals surface area contributed by atoms with Crippen molar-refractivity contribution < 1.29 is 9.66 Å². The minimum Gasteiger partial charge on any atom is -0.494 e. The molecule has 2 N–H and O–H groups in total. The van der Waals surface area contributed by atoms with Crippen molar-refractivity contribution in [1.29, 1.82) is 10.8 Å². The Bertz CT molecular complexity index is 1960. The number of rotatable bonds is 12. The molecule has 0 aromatic heterocycles. The third kappa shape index (κ3) is 9.14. The molecular weight excluding hydrogens is 628 g/mol. The van der Waals surface area contributed by atoms with Crippen LogP contribution in [-0.4, -0.2) is 40.9 Å². The van der Waals surface area contributed by atoms with E-state index in [-0.39, 0.29) is 5.69 Å². The summed E-state index contributed by atoms with van der Waals surface area (Å²) in [6, 6.07) is 29.3. The summed E-state index contributed by atoms with van der Waals surface area (Å²) in [5.41, 5.74) is 7.28. The Morgan fingerprint density at radius 3 is 1.44 bits per heavy atom. The molecule has 50 heavy (non-hydrogen) atoms. The molecule has 4 aromatic carbocycles. The molecule has 0 spiro atoms. The van der Waals surface area contributed by atoms with Crippen molar-refractivity contribution in [1.82, 2.24) is 0 Å². The lowest BCUT2D eigenvalue weighted by Gasteiger charge is -2.25. The van der Waals surface area contributed by atoms with Gasteiger partial charge < -0.3 is 20.5 Å². The minimum absolute atomic E-state index is 0.00341. The van der Waals surface area contributed by atoms with Crippen LogP contribution in [0.1, 0.15) is 6.42 Å². The lowest BCUT2D eigenvalue weighted by molar-refractivity contribution is -0.384. The molecule has 6 rings (SSSR count). The number of hydrogen-bond donors (Lipinski definition) is 2. The second kappa shape index (κ2) is 15.8. The van der Waals surface area contributed by atoms with E-state index in [2.05, 4.69) is 25.1 Å². The summed E-state index contributed by atoms with van der Waals surface area (Å²) in [7, 11) is 0. The number of ether oxygens (including phenoxy) is 1. The Morgan fingerprint density at radius 2 is 1.00 bits per heavy atom. The van der Waals surface area contributed by atoms with Crippen LogP contribution in [0.3, 0.4) is 0 Å². The van der Waals surface area contributed by atoms with Crippen molar-refractivity contribution in [2.24, 2.45) is 20.2 Å². The van der Waals surface area contributed by atoms with E-state index in [9.17, 15) is 10.1 Å². The molecule has 2 aliphatic rings. The molecule has 0 fully saturated rings. The molecular formula is C39H32N8O3. The van der Waals surface area contributed by atoms with Crippen LogP contribution in [0.25, 0.3) is 0 Å². The number of hydrogen-bond acceptors (Lipinski definition) is 10. The molecule has 0 saturated heterocycles. The molecule has 0 unspecified atom stereocenters. The van der Waals surface area contributed by atoms with E-state index in [0.717, 1.165) is 40.6 Å². The molecule has 0 bridgehead atoms. The van der Waals surface area contributed by atoms with Crippen molar-refractivity contribution in [3.8, 4) is 5.75 Å². The molecule has 0 radical (unpaired) electrons. The molecule has 11 nitrogen and oxygen atoms in total. The zero-order chi connectivity index (χ0) is 34.7. The maximum absolute atomic E-state index is 10.8. The van der Waals surface area contributed by atoms with Gasteiger partial charge in [0.1, 0.15) is 5.75 Å². The van der Waals surface area contributed by atoms with Crippen LogP contribution in [0.15, 0.2) is 166 Å². The Morgan fingerprint density at radius 1 is 0.580 bits per heavy atom. The number of benzene rings is 4. The summed E-state index contributed by atoms with van der Waals surface area (Å²) in [6.45, 7) is 1.17. The fourth-order valence-electron chi connectivity index (χ4n) is 4.97. The van der Waals surface area contributed by atoms with Gasteiger partial charge in [-0.15, -0.1) is 0 Å². The zero-order valence-corrected chi connectivity index (χ0v) is 26.9. The van der Waals surface area contributed by atoms with E-state index in [1.54, 1.807) is 48.6 Å². The van der Waals surface area contributed by atoms with Gasteiger partial charge in [-0.2, -0.15) is 10.2 Å². The second-order valence-electron chi connectivity index (χ2n) is 11.2. The van der Waals surface area contributed by atoms with Gasteiger partial charge in [-0.3, -0.25) is 10.1 Å². The predicted octanol–water partition coefficient (Wildman–Crippen LogP) is 10.1. The molecule has 4 aromatic rings. The van der Waals surface area contributed by atoms with E-state index >= 15 is 0 Å². The molecule has 0 heterocycles. The van der Waals surface area contributed by atoms with E-state index < -0.39 is 4.92 Å². The maximum Gasteiger partial charge on any atom is 0.269 e. The zero-order valence-electron chi connectivity index (χ0n) is 26.9. The predicted molar refractivity (Wildman–Crippen MR) is 200 cm³/mol. The molecule has 11 heteroatoms. The highest BCUT2D eigenvalue weighted by Gasteiger charge is 2.11. The average Bonchev–Trinajstić information content (AvgIpc) is 3.14. The molecule has 246 valence electrons. The van der Waals surface area contributed by atoms with Crippen LogP contribution >= 0.6 is 0 Å². The van der Waals surface area contributed by atoms with Crippen molar-refractivity contribution in [3.63, 3.8) is 0 Å². The average molecular weight is 661 g/mol. The highest BCUT2D eigenvalue weighted by Crippen LogP contribution is 2.30. The quantitative estimate of drug-likeness (QED) is 0.0510. The Kier molecular flexibility index (Phi) is 10.4. The van der Waals surface area contributed by atoms with Crippen LogP contribution in [0.4, 0.5) is 39.8 Å². The van der Waals surface area contributed by atoms with Gasteiger partial charge in [0.2, 0.25) is 0 Å². The number of anilines is 2. The topological polar surface area (TPSA) is 153 Å². The smallest absolute Gasteiger partial charge is 0.269 e. The van der Waals surface area contributed by atoms with Crippen molar-refractivity contribution in [2.75, 3.05) is 18.1 Å². The Balaban J connectivity index is 1.11. The van der Waals surface area contributed by atoms with Gasteiger partial charge in [-0.1, -0.05) is 0 Å². The number of nitrogens with zero attached hydrogens (tertiary/aromatic N) is 6. The highest BCUT2D eigenvalue weighted by molar-refractivity contribution is 6.18. The minimum atomic E-state index is -0.453. The summed E-state index contributed by atoms with van der Waals surface area (Å²) >= 11 is 0. The van der Waals surface area contributed by atoms with Gasteiger partial charge >= 0.3 is 0 Å². The maximum atomic E-state index is 10.8. The summed E-state index contributed by atoms with van der Waals surface area (Å²) in [5, 5.41) is 34.6. The lowest BCUT2D eigenvalue weighted by atomic mass is 10.1. The number of non-ortho nitro benzene ring substituents is 1. The second-order valence-corrected chi connectivity index (χ2v) is 11.2. The highest BCUT2D eigenvalue weighted by atomic mass is 16.6.